The number of benzene rings is 2. The van der Waals surface area contributed by atoms with Crippen molar-refractivity contribution in [2.24, 2.45) is 11.8 Å². The second-order valence-electron chi connectivity index (χ2n) is 8.50. The maximum absolute atomic E-state index is 13.1. The fourth-order valence-electron chi connectivity index (χ4n) is 5.18. The summed E-state index contributed by atoms with van der Waals surface area (Å²) in [4.78, 5) is 20.1. The van der Waals surface area contributed by atoms with Crippen molar-refractivity contribution in [3.8, 4) is 0 Å². The fraction of sp³-hybridized carbons (Fsp3) is 0.308. The van der Waals surface area contributed by atoms with Crippen LogP contribution in [0.2, 0.25) is 5.02 Å². The SMILES string of the molecule is C=C[C@H]1CN2CC[C@H]1C[C@H]2[C@H](OC(=O)c1ccc(Cl)cc1)c1ccnc2ccccc12. The van der Waals surface area contributed by atoms with Crippen molar-refractivity contribution >= 4 is 28.5 Å². The van der Waals surface area contributed by atoms with Crippen LogP contribution in [0.25, 0.3) is 10.9 Å². The van der Waals surface area contributed by atoms with Gasteiger partial charge in [-0.3, -0.25) is 9.88 Å². The Balaban J connectivity index is 1.53. The number of rotatable bonds is 5. The first-order valence-electron chi connectivity index (χ1n) is 10.8. The Hall–Kier alpha value is -2.69. The molecule has 3 fully saturated rings. The van der Waals surface area contributed by atoms with E-state index in [1.807, 2.05) is 30.5 Å². The highest BCUT2D eigenvalue weighted by Crippen LogP contribution is 2.43. The average molecular weight is 433 g/mol. The van der Waals surface area contributed by atoms with Crippen LogP contribution < -0.4 is 0 Å². The maximum atomic E-state index is 13.1. The van der Waals surface area contributed by atoms with Crippen LogP contribution in [0.4, 0.5) is 0 Å². The quantitative estimate of drug-likeness (QED) is 0.384. The van der Waals surface area contributed by atoms with Crippen LogP contribution >= 0.6 is 11.6 Å². The summed E-state index contributed by atoms with van der Waals surface area (Å²) in [5.74, 6) is 0.759. The number of fused-ring (bicyclic) bond motifs is 4. The molecule has 3 aliphatic heterocycles. The summed E-state index contributed by atoms with van der Waals surface area (Å²) in [6.07, 6.45) is 5.69. The van der Waals surface area contributed by atoms with Crippen molar-refractivity contribution in [3.63, 3.8) is 0 Å². The number of esters is 1. The van der Waals surface area contributed by atoms with E-state index in [2.05, 4.69) is 28.6 Å². The van der Waals surface area contributed by atoms with Gasteiger partial charge in [0.15, 0.2) is 0 Å². The summed E-state index contributed by atoms with van der Waals surface area (Å²) in [5.41, 5.74) is 2.43. The molecule has 1 aromatic heterocycles. The zero-order chi connectivity index (χ0) is 21.4. The Morgan fingerprint density at radius 2 is 2.00 bits per heavy atom. The first-order valence-corrected chi connectivity index (χ1v) is 11.2. The highest BCUT2D eigenvalue weighted by Gasteiger charge is 2.44. The van der Waals surface area contributed by atoms with E-state index in [1.54, 1.807) is 24.3 Å². The number of para-hydroxylation sites is 1. The standard InChI is InChI=1S/C26H25ClN2O2/c1-2-17-16-29-14-12-19(17)15-24(29)25(31-26(30)18-7-9-20(27)10-8-18)22-11-13-28-23-6-4-3-5-21(22)23/h2-11,13,17,19,24-25H,1,12,14-16H2/t17-,19-,24-,25+/m0/s1. The minimum Gasteiger partial charge on any atom is -0.452 e. The van der Waals surface area contributed by atoms with E-state index < -0.39 is 0 Å². The lowest BCUT2D eigenvalue weighted by molar-refractivity contribution is -0.0568. The summed E-state index contributed by atoms with van der Waals surface area (Å²) in [6, 6.07) is 17.0. The average Bonchev–Trinajstić information content (AvgIpc) is 2.82. The van der Waals surface area contributed by atoms with Crippen molar-refractivity contribution in [1.29, 1.82) is 0 Å². The third-order valence-electron chi connectivity index (χ3n) is 6.81. The zero-order valence-electron chi connectivity index (χ0n) is 17.3. The van der Waals surface area contributed by atoms with Crippen LogP contribution in [0.3, 0.4) is 0 Å². The van der Waals surface area contributed by atoms with Gasteiger partial charge in [0.1, 0.15) is 6.10 Å². The molecule has 0 N–H and O–H groups in total. The number of hydrogen-bond donors (Lipinski definition) is 0. The predicted octanol–water partition coefficient (Wildman–Crippen LogP) is 5.68. The van der Waals surface area contributed by atoms with Crippen LogP contribution in [0, 0.1) is 11.8 Å². The van der Waals surface area contributed by atoms with Gasteiger partial charge in [-0.1, -0.05) is 35.9 Å². The normalized spacial score (nSPS) is 25.8. The smallest absolute Gasteiger partial charge is 0.338 e. The molecule has 158 valence electrons. The Bertz CT molecular complexity index is 1110. The molecule has 0 spiro atoms. The monoisotopic (exact) mass is 432 g/mol. The molecule has 2 aromatic carbocycles. The summed E-state index contributed by atoms with van der Waals surface area (Å²) in [5, 5.41) is 1.63. The lowest BCUT2D eigenvalue weighted by Crippen LogP contribution is -2.55. The van der Waals surface area contributed by atoms with E-state index in [4.69, 9.17) is 16.3 Å². The molecule has 6 rings (SSSR count). The number of halogens is 1. The highest BCUT2D eigenvalue weighted by atomic mass is 35.5. The molecule has 3 saturated heterocycles. The minimum absolute atomic E-state index is 0.136. The van der Waals surface area contributed by atoms with Gasteiger partial charge < -0.3 is 4.74 Å². The van der Waals surface area contributed by atoms with E-state index in [1.165, 1.54) is 6.42 Å². The summed E-state index contributed by atoms with van der Waals surface area (Å²) in [7, 11) is 0. The lowest BCUT2D eigenvalue weighted by atomic mass is 9.73. The van der Waals surface area contributed by atoms with Gasteiger partial charge in [-0.15, -0.1) is 6.58 Å². The maximum Gasteiger partial charge on any atom is 0.338 e. The van der Waals surface area contributed by atoms with Crippen LogP contribution in [0.5, 0.6) is 0 Å². The Kier molecular flexibility index (Phi) is 5.51. The molecule has 0 aliphatic carbocycles. The number of ether oxygens (including phenoxy) is 1. The number of aromatic nitrogens is 1. The Morgan fingerprint density at radius 1 is 1.19 bits per heavy atom. The van der Waals surface area contributed by atoms with Gasteiger partial charge in [0, 0.05) is 28.7 Å². The molecule has 31 heavy (non-hydrogen) atoms. The van der Waals surface area contributed by atoms with Crippen molar-refractivity contribution in [1.82, 2.24) is 9.88 Å². The van der Waals surface area contributed by atoms with Gasteiger partial charge in [-0.2, -0.15) is 0 Å². The molecule has 5 heteroatoms. The van der Waals surface area contributed by atoms with Gasteiger partial charge in [-0.25, -0.2) is 4.79 Å². The second kappa shape index (κ2) is 8.45. The van der Waals surface area contributed by atoms with E-state index in [0.717, 1.165) is 36.0 Å². The van der Waals surface area contributed by atoms with Crippen LogP contribution in [-0.2, 0) is 4.74 Å². The predicted molar refractivity (Wildman–Crippen MR) is 123 cm³/mol. The zero-order valence-corrected chi connectivity index (χ0v) is 18.0. The first-order chi connectivity index (χ1) is 15.1. The van der Waals surface area contributed by atoms with Crippen LogP contribution in [0.1, 0.15) is 34.9 Å². The molecule has 2 bridgehead atoms. The summed E-state index contributed by atoms with van der Waals surface area (Å²) >= 11 is 6.00. The third kappa shape index (κ3) is 3.86. The summed E-state index contributed by atoms with van der Waals surface area (Å²) in [6.45, 7) is 6.03. The van der Waals surface area contributed by atoms with Gasteiger partial charge in [-0.05, 0) is 67.6 Å². The van der Waals surface area contributed by atoms with Crippen molar-refractivity contribution in [2.75, 3.05) is 13.1 Å². The number of hydrogen-bond acceptors (Lipinski definition) is 4. The fourth-order valence-corrected chi connectivity index (χ4v) is 5.30. The van der Waals surface area contributed by atoms with Gasteiger partial charge in [0.2, 0.25) is 0 Å². The molecule has 3 aliphatic rings. The largest absolute Gasteiger partial charge is 0.452 e. The minimum atomic E-state index is -0.371. The molecular formula is C26H25ClN2O2. The van der Waals surface area contributed by atoms with Crippen molar-refractivity contribution < 1.29 is 9.53 Å². The second-order valence-corrected chi connectivity index (χ2v) is 8.93. The topological polar surface area (TPSA) is 42.4 Å². The van der Waals surface area contributed by atoms with E-state index in [0.29, 0.717) is 22.4 Å². The van der Waals surface area contributed by atoms with E-state index >= 15 is 0 Å². The molecule has 4 nitrogen and oxygen atoms in total. The molecule has 1 unspecified atom stereocenters. The van der Waals surface area contributed by atoms with Crippen LogP contribution in [-0.4, -0.2) is 35.0 Å². The molecule has 3 aromatic rings. The number of nitrogens with zero attached hydrogens (tertiary/aromatic N) is 2. The molecule has 0 radical (unpaired) electrons. The molecule has 0 saturated carbocycles. The van der Waals surface area contributed by atoms with Gasteiger partial charge in [0.05, 0.1) is 17.1 Å². The van der Waals surface area contributed by atoms with Gasteiger partial charge in [0.25, 0.3) is 0 Å². The lowest BCUT2D eigenvalue weighted by Gasteiger charge is -2.51. The number of carbonyl (C=O) groups excluding carboxylic acids is 1. The van der Waals surface area contributed by atoms with Crippen LogP contribution in [0.15, 0.2) is 73.4 Å². The number of piperidine rings is 3. The molecule has 5 atom stereocenters. The van der Waals surface area contributed by atoms with E-state index in [-0.39, 0.29) is 18.1 Å². The Labute approximate surface area is 187 Å². The highest BCUT2D eigenvalue weighted by molar-refractivity contribution is 6.30. The van der Waals surface area contributed by atoms with Crippen molar-refractivity contribution in [2.45, 2.75) is 25.0 Å². The van der Waals surface area contributed by atoms with Crippen molar-refractivity contribution in [3.05, 3.63) is 89.6 Å². The van der Waals surface area contributed by atoms with Gasteiger partial charge >= 0.3 is 5.97 Å². The van der Waals surface area contributed by atoms with E-state index in [9.17, 15) is 4.79 Å². The molecular weight excluding hydrogens is 408 g/mol. The number of pyridine rings is 1. The number of carbonyl (C=O) groups is 1. The molecule has 0 amide bonds. The third-order valence-corrected chi connectivity index (χ3v) is 7.06. The molecule has 4 heterocycles. The first kappa shape index (κ1) is 20.2. The summed E-state index contributed by atoms with van der Waals surface area (Å²) < 4.78 is 6.25. The Morgan fingerprint density at radius 3 is 2.74 bits per heavy atom.